The van der Waals surface area contributed by atoms with E-state index in [2.05, 4.69) is 17.2 Å². The Morgan fingerprint density at radius 3 is 2.74 bits per heavy atom. The van der Waals surface area contributed by atoms with Crippen LogP contribution in [-0.2, 0) is 0 Å². The normalized spacial score (nSPS) is 10.7. The summed E-state index contributed by atoms with van der Waals surface area (Å²) in [5, 5.41) is 3.44. The second kappa shape index (κ2) is 9.37. The molecule has 1 N–H and O–H groups in total. The van der Waals surface area contributed by atoms with Gasteiger partial charge in [-0.3, -0.25) is 10.1 Å². The Kier molecular flexibility index (Phi) is 6.65. The van der Waals surface area contributed by atoms with Gasteiger partial charge in [-0.05, 0) is 49.7 Å². The fourth-order valence-electron chi connectivity index (χ4n) is 2.65. The Balaban J connectivity index is 1.67. The minimum absolute atomic E-state index is 0.196. The first-order valence-electron chi connectivity index (χ1n) is 9.27. The van der Waals surface area contributed by atoms with Gasteiger partial charge in [0, 0.05) is 5.56 Å². The number of ether oxygens (including phenoxy) is 2. The lowest BCUT2D eigenvalue weighted by Crippen LogP contribution is -2.11. The number of thiazole rings is 1. The van der Waals surface area contributed by atoms with Crippen LogP contribution in [0.2, 0.25) is 0 Å². The van der Waals surface area contributed by atoms with Crippen LogP contribution in [0.1, 0.15) is 43.5 Å². The van der Waals surface area contributed by atoms with Crippen molar-refractivity contribution in [1.29, 1.82) is 0 Å². The minimum Gasteiger partial charge on any atom is -0.494 e. The number of hydrogen-bond acceptors (Lipinski definition) is 5. The molecule has 0 radical (unpaired) electrons. The molecule has 0 aliphatic rings. The summed E-state index contributed by atoms with van der Waals surface area (Å²) < 4.78 is 12.2. The van der Waals surface area contributed by atoms with Gasteiger partial charge >= 0.3 is 0 Å². The largest absolute Gasteiger partial charge is 0.494 e. The number of benzene rings is 2. The van der Waals surface area contributed by atoms with Crippen molar-refractivity contribution in [2.24, 2.45) is 0 Å². The lowest BCUT2D eigenvalue weighted by atomic mass is 10.2. The smallest absolute Gasteiger partial charge is 0.257 e. The molecule has 0 spiro atoms. The molecule has 0 atom stereocenters. The van der Waals surface area contributed by atoms with Crippen LogP contribution in [0.3, 0.4) is 0 Å². The van der Waals surface area contributed by atoms with Crippen LogP contribution in [0.4, 0.5) is 5.13 Å². The first-order valence-corrected chi connectivity index (χ1v) is 10.1. The zero-order valence-corrected chi connectivity index (χ0v) is 16.5. The molecule has 0 unspecified atom stereocenters. The number of hydrogen-bond donors (Lipinski definition) is 1. The summed E-state index contributed by atoms with van der Waals surface area (Å²) in [6.45, 7) is 5.39. The molecule has 1 heterocycles. The molecule has 0 aliphatic heterocycles. The lowest BCUT2D eigenvalue weighted by Gasteiger charge is -2.07. The molecule has 0 fully saturated rings. The average molecular weight is 385 g/mol. The SMILES string of the molecule is CCCCCOc1cccc(C(=O)Nc2nc3ccc(OCC)cc3s2)c1. The fourth-order valence-corrected chi connectivity index (χ4v) is 3.54. The fraction of sp³-hybridized carbons (Fsp3) is 0.333. The molecule has 0 saturated carbocycles. The van der Waals surface area contributed by atoms with E-state index in [1.165, 1.54) is 11.3 Å². The van der Waals surface area contributed by atoms with Crippen LogP contribution in [0, 0.1) is 0 Å². The van der Waals surface area contributed by atoms with Crippen LogP contribution in [-0.4, -0.2) is 24.1 Å². The highest BCUT2D eigenvalue weighted by Crippen LogP contribution is 2.29. The molecule has 0 aliphatic carbocycles. The van der Waals surface area contributed by atoms with E-state index in [0.717, 1.165) is 35.2 Å². The van der Waals surface area contributed by atoms with E-state index in [9.17, 15) is 4.79 Å². The highest BCUT2D eigenvalue weighted by molar-refractivity contribution is 7.22. The van der Waals surface area contributed by atoms with Crippen molar-refractivity contribution in [1.82, 2.24) is 4.98 Å². The van der Waals surface area contributed by atoms with Crippen molar-refractivity contribution in [2.45, 2.75) is 33.1 Å². The van der Waals surface area contributed by atoms with Crippen LogP contribution < -0.4 is 14.8 Å². The number of rotatable bonds is 9. The maximum Gasteiger partial charge on any atom is 0.257 e. The van der Waals surface area contributed by atoms with E-state index in [4.69, 9.17) is 9.47 Å². The monoisotopic (exact) mass is 384 g/mol. The van der Waals surface area contributed by atoms with Crippen molar-refractivity contribution in [3.05, 3.63) is 48.0 Å². The van der Waals surface area contributed by atoms with Gasteiger partial charge in [0.15, 0.2) is 5.13 Å². The van der Waals surface area contributed by atoms with E-state index < -0.39 is 0 Å². The second-order valence-corrected chi connectivity index (χ2v) is 7.15. The number of nitrogens with one attached hydrogen (secondary N) is 1. The van der Waals surface area contributed by atoms with Gasteiger partial charge in [-0.25, -0.2) is 4.98 Å². The second-order valence-electron chi connectivity index (χ2n) is 6.12. The summed E-state index contributed by atoms with van der Waals surface area (Å²) in [5.74, 6) is 1.32. The summed E-state index contributed by atoms with van der Waals surface area (Å²) in [4.78, 5) is 17.0. The predicted molar refractivity (Wildman–Crippen MR) is 110 cm³/mol. The van der Waals surface area contributed by atoms with Gasteiger partial charge in [0.1, 0.15) is 11.5 Å². The Bertz CT molecular complexity index is 907. The number of fused-ring (bicyclic) bond motifs is 1. The number of aromatic nitrogens is 1. The number of carbonyl (C=O) groups excluding carboxylic acids is 1. The molecule has 2 aromatic carbocycles. The standard InChI is InChI=1S/C21H24N2O3S/c1-3-5-6-12-26-16-9-7-8-15(13-16)20(24)23-21-22-18-11-10-17(25-4-2)14-19(18)27-21/h7-11,13-14H,3-6,12H2,1-2H3,(H,22,23,24). The van der Waals surface area contributed by atoms with Crippen molar-refractivity contribution >= 4 is 32.6 Å². The van der Waals surface area contributed by atoms with Gasteiger partial charge in [-0.1, -0.05) is 37.2 Å². The van der Waals surface area contributed by atoms with Crippen LogP contribution in [0.25, 0.3) is 10.2 Å². The number of unbranched alkanes of at least 4 members (excludes halogenated alkanes) is 2. The molecule has 0 saturated heterocycles. The van der Waals surface area contributed by atoms with E-state index in [-0.39, 0.29) is 5.91 Å². The maximum atomic E-state index is 12.6. The summed E-state index contributed by atoms with van der Waals surface area (Å²) >= 11 is 1.43. The van der Waals surface area contributed by atoms with Crippen molar-refractivity contribution < 1.29 is 14.3 Å². The van der Waals surface area contributed by atoms with E-state index in [0.29, 0.717) is 29.7 Å². The molecular weight excluding hydrogens is 360 g/mol. The molecular formula is C21H24N2O3S. The quantitative estimate of drug-likeness (QED) is 0.494. The molecule has 1 amide bonds. The Labute approximate surface area is 163 Å². The Morgan fingerprint density at radius 1 is 1.07 bits per heavy atom. The van der Waals surface area contributed by atoms with Crippen molar-refractivity contribution in [3.8, 4) is 11.5 Å². The molecule has 3 aromatic rings. The van der Waals surface area contributed by atoms with Gasteiger partial charge in [0.2, 0.25) is 0 Å². The van der Waals surface area contributed by atoms with Gasteiger partial charge < -0.3 is 9.47 Å². The molecule has 142 valence electrons. The minimum atomic E-state index is -0.196. The topological polar surface area (TPSA) is 60.5 Å². The number of nitrogens with zero attached hydrogens (tertiary/aromatic N) is 1. The highest BCUT2D eigenvalue weighted by Gasteiger charge is 2.11. The van der Waals surface area contributed by atoms with E-state index in [1.54, 1.807) is 12.1 Å². The zero-order chi connectivity index (χ0) is 19.1. The van der Waals surface area contributed by atoms with Crippen molar-refractivity contribution in [2.75, 3.05) is 18.5 Å². The predicted octanol–water partition coefficient (Wildman–Crippen LogP) is 5.52. The highest BCUT2D eigenvalue weighted by atomic mass is 32.1. The average Bonchev–Trinajstić information content (AvgIpc) is 3.07. The van der Waals surface area contributed by atoms with Crippen LogP contribution in [0.15, 0.2) is 42.5 Å². The summed E-state index contributed by atoms with van der Waals surface area (Å²) in [6.07, 6.45) is 3.31. The van der Waals surface area contributed by atoms with E-state index >= 15 is 0 Å². The molecule has 3 rings (SSSR count). The molecule has 5 nitrogen and oxygen atoms in total. The van der Waals surface area contributed by atoms with Gasteiger partial charge in [-0.2, -0.15) is 0 Å². The Hall–Kier alpha value is -2.60. The number of amides is 1. The third-order valence-corrected chi connectivity index (χ3v) is 4.94. The van der Waals surface area contributed by atoms with Gasteiger partial charge in [0.25, 0.3) is 5.91 Å². The summed E-state index contributed by atoms with van der Waals surface area (Å²) in [6, 6.07) is 13.0. The summed E-state index contributed by atoms with van der Waals surface area (Å²) in [7, 11) is 0. The third-order valence-electron chi connectivity index (χ3n) is 4.00. The van der Waals surface area contributed by atoms with Gasteiger partial charge in [0.05, 0.1) is 23.4 Å². The first-order chi connectivity index (χ1) is 13.2. The third kappa shape index (κ3) is 5.20. The zero-order valence-electron chi connectivity index (χ0n) is 15.7. The molecule has 1 aromatic heterocycles. The molecule has 0 bridgehead atoms. The van der Waals surface area contributed by atoms with Crippen molar-refractivity contribution in [3.63, 3.8) is 0 Å². The van der Waals surface area contributed by atoms with Crippen LogP contribution >= 0.6 is 11.3 Å². The molecule has 6 heteroatoms. The Morgan fingerprint density at radius 2 is 1.93 bits per heavy atom. The van der Waals surface area contributed by atoms with Gasteiger partial charge in [-0.15, -0.1) is 0 Å². The van der Waals surface area contributed by atoms with E-state index in [1.807, 2.05) is 37.3 Å². The van der Waals surface area contributed by atoms with Crippen LogP contribution in [0.5, 0.6) is 11.5 Å². The molecule has 27 heavy (non-hydrogen) atoms. The summed E-state index contributed by atoms with van der Waals surface area (Å²) in [5.41, 5.74) is 1.39. The maximum absolute atomic E-state index is 12.6. The number of anilines is 1. The lowest BCUT2D eigenvalue weighted by molar-refractivity contribution is 0.102. The number of carbonyl (C=O) groups is 1. The first kappa shape index (κ1) is 19.2.